The lowest BCUT2D eigenvalue weighted by Crippen LogP contribution is -2.43. The number of carbonyl (C=O) groups excluding carboxylic acids is 2. The number of rotatable bonds is 8. The Morgan fingerprint density at radius 2 is 1.14 bits per heavy atom. The van der Waals surface area contributed by atoms with Gasteiger partial charge in [-0.3, -0.25) is 9.59 Å². The average molecular weight is 316 g/mol. The molecule has 0 saturated carbocycles. The monoisotopic (exact) mass is 316 g/mol. The fourth-order valence-corrected chi connectivity index (χ4v) is 1.37. The van der Waals surface area contributed by atoms with Crippen LogP contribution in [0.15, 0.2) is 10.2 Å². The molecule has 0 saturated heterocycles. The first-order valence-electron chi connectivity index (χ1n) is 7.20. The van der Waals surface area contributed by atoms with Gasteiger partial charge in [0.2, 0.25) is 11.8 Å². The van der Waals surface area contributed by atoms with Gasteiger partial charge in [0.15, 0.2) is 0 Å². The normalized spacial score (nSPS) is 15.5. The fraction of sp³-hybridized carbons (Fsp3) is 0.857. The third-order valence-corrected chi connectivity index (χ3v) is 2.94. The maximum atomic E-state index is 11.8. The van der Waals surface area contributed by atoms with Crippen molar-refractivity contribution >= 4 is 11.8 Å². The van der Waals surface area contributed by atoms with Crippen molar-refractivity contribution in [3.8, 4) is 0 Å². The van der Waals surface area contributed by atoms with Gasteiger partial charge in [0.1, 0.15) is 12.5 Å². The number of hydrogen-bond donors (Lipinski definition) is 4. The number of azo groups is 1. The molecule has 0 aliphatic rings. The van der Waals surface area contributed by atoms with E-state index in [4.69, 9.17) is 10.2 Å². The molecule has 8 heteroatoms. The van der Waals surface area contributed by atoms with Gasteiger partial charge in [-0.15, -0.1) is 0 Å². The molecular weight excluding hydrogens is 288 g/mol. The molecule has 0 aliphatic heterocycles. The van der Waals surface area contributed by atoms with E-state index in [9.17, 15) is 9.59 Å². The largest absolute Gasteiger partial charge is 0.374 e. The zero-order valence-corrected chi connectivity index (χ0v) is 14.2. The smallest absolute Gasteiger partial charge is 0.229 e. The zero-order chi connectivity index (χ0) is 17.6. The highest BCUT2D eigenvalue weighted by molar-refractivity contribution is 5.82. The van der Waals surface area contributed by atoms with E-state index in [1.165, 1.54) is 13.8 Å². The topological polar surface area (TPSA) is 123 Å². The van der Waals surface area contributed by atoms with E-state index in [1.807, 2.05) is 0 Å². The molecule has 0 spiro atoms. The van der Waals surface area contributed by atoms with Gasteiger partial charge in [-0.2, -0.15) is 10.2 Å². The van der Waals surface area contributed by atoms with Crippen molar-refractivity contribution in [1.29, 1.82) is 0 Å². The summed E-state index contributed by atoms with van der Waals surface area (Å²) >= 11 is 0. The van der Waals surface area contributed by atoms with E-state index in [-0.39, 0.29) is 24.9 Å². The lowest BCUT2D eigenvalue weighted by atomic mass is 9.92. The first-order chi connectivity index (χ1) is 9.88. The van der Waals surface area contributed by atoms with Crippen molar-refractivity contribution < 1.29 is 19.8 Å². The van der Waals surface area contributed by atoms with Crippen molar-refractivity contribution in [1.82, 2.24) is 10.6 Å². The SMILES string of the molecule is CC(O)NC(=O)C(C)(C)CN=NCC(C)(C)C(=O)NC(C)O. The Labute approximate surface area is 131 Å². The van der Waals surface area contributed by atoms with Gasteiger partial charge in [-0.05, 0) is 41.5 Å². The maximum absolute atomic E-state index is 11.8. The molecule has 0 aliphatic carbocycles. The Hall–Kier alpha value is -1.54. The molecule has 0 fully saturated rings. The predicted molar refractivity (Wildman–Crippen MR) is 81.8 cm³/mol. The second-order valence-corrected chi connectivity index (χ2v) is 6.67. The van der Waals surface area contributed by atoms with Crippen LogP contribution in [0.5, 0.6) is 0 Å². The lowest BCUT2D eigenvalue weighted by molar-refractivity contribution is -0.132. The molecule has 0 rings (SSSR count). The molecule has 2 amide bonds. The molecule has 8 nitrogen and oxygen atoms in total. The highest BCUT2D eigenvalue weighted by Gasteiger charge is 2.30. The third kappa shape index (κ3) is 7.46. The van der Waals surface area contributed by atoms with Crippen LogP contribution in [0.4, 0.5) is 0 Å². The van der Waals surface area contributed by atoms with Crippen LogP contribution in [0.2, 0.25) is 0 Å². The summed E-state index contributed by atoms with van der Waals surface area (Å²) in [6.07, 6.45) is -1.85. The summed E-state index contributed by atoms with van der Waals surface area (Å²) in [7, 11) is 0. The van der Waals surface area contributed by atoms with E-state index in [0.29, 0.717) is 0 Å². The van der Waals surface area contributed by atoms with Gasteiger partial charge in [-0.25, -0.2) is 0 Å². The van der Waals surface area contributed by atoms with Crippen molar-refractivity contribution in [3.05, 3.63) is 0 Å². The first kappa shape index (κ1) is 20.5. The summed E-state index contributed by atoms with van der Waals surface area (Å²) in [6, 6.07) is 0. The molecule has 0 aromatic carbocycles. The Morgan fingerprint density at radius 3 is 1.36 bits per heavy atom. The molecule has 4 N–H and O–H groups in total. The van der Waals surface area contributed by atoms with Gasteiger partial charge in [0.05, 0.1) is 23.9 Å². The number of nitrogens with zero attached hydrogens (tertiary/aromatic N) is 2. The van der Waals surface area contributed by atoms with Gasteiger partial charge < -0.3 is 20.8 Å². The van der Waals surface area contributed by atoms with Crippen LogP contribution in [-0.2, 0) is 9.59 Å². The van der Waals surface area contributed by atoms with Crippen LogP contribution in [0.25, 0.3) is 0 Å². The fourth-order valence-electron chi connectivity index (χ4n) is 1.37. The summed E-state index contributed by atoms with van der Waals surface area (Å²) in [5.74, 6) is -0.653. The molecular formula is C14H28N4O4. The Kier molecular flexibility index (Phi) is 7.61. The molecule has 2 atom stereocenters. The minimum Gasteiger partial charge on any atom is -0.374 e. The minimum absolute atomic E-state index is 0.139. The quantitative estimate of drug-likeness (QED) is 0.382. The molecule has 0 radical (unpaired) electrons. The number of amides is 2. The predicted octanol–water partition coefficient (Wildman–Crippen LogP) is 0.400. The molecule has 22 heavy (non-hydrogen) atoms. The average Bonchev–Trinajstić information content (AvgIpc) is 2.33. The summed E-state index contributed by atoms with van der Waals surface area (Å²) in [5.41, 5.74) is -1.63. The second-order valence-electron chi connectivity index (χ2n) is 6.67. The van der Waals surface area contributed by atoms with E-state index < -0.39 is 23.3 Å². The number of aliphatic hydroxyl groups is 2. The van der Waals surface area contributed by atoms with Crippen LogP contribution >= 0.6 is 0 Å². The zero-order valence-electron chi connectivity index (χ0n) is 14.2. The number of hydrogen-bond acceptors (Lipinski definition) is 6. The second kappa shape index (κ2) is 8.19. The molecule has 0 bridgehead atoms. The Morgan fingerprint density at radius 1 is 0.864 bits per heavy atom. The molecule has 128 valence electrons. The van der Waals surface area contributed by atoms with Gasteiger partial charge >= 0.3 is 0 Å². The van der Waals surface area contributed by atoms with Crippen LogP contribution in [-0.4, -0.2) is 47.6 Å². The molecule has 0 aromatic rings. The van der Waals surface area contributed by atoms with Crippen molar-refractivity contribution in [3.63, 3.8) is 0 Å². The van der Waals surface area contributed by atoms with Crippen LogP contribution < -0.4 is 10.6 Å². The third-order valence-electron chi connectivity index (χ3n) is 2.94. The minimum atomic E-state index is -0.924. The van der Waals surface area contributed by atoms with E-state index in [2.05, 4.69) is 20.9 Å². The highest BCUT2D eigenvalue weighted by Crippen LogP contribution is 2.18. The number of carbonyl (C=O) groups is 2. The number of aliphatic hydroxyl groups excluding tert-OH is 2. The van der Waals surface area contributed by atoms with Crippen molar-refractivity contribution in [2.24, 2.45) is 21.1 Å². The lowest BCUT2D eigenvalue weighted by Gasteiger charge is -2.23. The van der Waals surface area contributed by atoms with E-state index >= 15 is 0 Å². The number of nitrogens with one attached hydrogen (secondary N) is 2. The summed E-state index contributed by atoms with van der Waals surface area (Å²) in [5, 5.41) is 31.0. The van der Waals surface area contributed by atoms with Crippen LogP contribution in [0.3, 0.4) is 0 Å². The van der Waals surface area contributed by atoms with Gasteiger partial charge in [-0.1, -0.05) is 0 Å². The summed E-state index contributed by atoms with van der Waals surface area (Å²) in [4.78, 5) is 23.7. The first-order valence-corrected chi connectivity index (χ1v) is 7.20. The van der Waals surface area contributed by atoms with E-state index in [1.54, 1.807) is 27.7 Å². The van der Waals surface area contributed by atoms with E-state index in [0.717, 1.165) is 0 Å². The molecule has 2 unspecified atom stereocenters. The summed E-state index contributed by atoms with van der Waals surface area (Å²) < 4.78 is 0. The molecule has 0 heterocycles. The van der Waals surface area contributed by atoms with Gasteiger partial charge in [0, 0.05) is 0 Å². The van der Waals surface area contributed by atoms with Crippen LogP contribution in [0, 0.1) is 10.8 Å². The van der Waals surface area contributed by atoms with Gasteiger partial charge in [0.25, 0.3) is 0 Å². The Balaban J connectivity index is 4.49. The van der Waals surface area contributed by atoms with Crippen LogP contribution in [0.1, 0.15) is 41.5 Å². The highest BCUT2D eigenvalue weighted by atomic mass is 16.3. The maximum Gasteiger partial charge on any atom is 0.229 e. The molecule has 0 aromatic heterocycles. The standard InChI is InChI=1S/C14H28N4O4/c1-9(19)17-11(21)13(3,4)7-15-16-8-14(5,6)12(22)18-10(2)20/h9-10,19-20H,7-8H2,1-6H3,(H,17,21)(H,18,22). The van der Waals surface area contributed by atoms with Crippen molar-refractivity contribution in [2.75, 3.05) is 13.1 Å². The van der Waals surface area contributed by atoms with Crippen molar-refractivity contribution in [2.45, 2.75) is 54.0 Å². The Bertz CT molecular complexity index is 379. The summed E-state index contributed by atoms with van der Waals surface area (Å²) in [6.45, 7) is 9.95.